The Morgan fingerprint density at radius 2 is 2.00 bits per heavy atom. The lowest BCUT2D eigenvalue weighted by molar-refractivity contribution is 0.840. The van der Waals surface area contributed by atoms with Crippen LogP contribution >= 0.6 is 11.8 Å². The molecule has 1 heterocycles. The third-order valence-electron chi connectivity index (χ3n) is 2.36. The lowest BCUT2D eigenvalue weighted by atomic mass is 10.1. The SMILES string of the molecule is Nc1ccc(CCCSc2nncn2N)cc1. The van der Waals surface area contributed by atoms with Crippen LogP contribution in [0.15, 0.2) is 35.7 Å². The third-order valence-corrected chi connectivity index (χ3v) is 3.40. The average molecular weight is 249 g/mol. The Kier molecular flexibility index (Phi) is 3.87. The van der Waals surface area contributed by atoms with Gasteiger partial charge in [-0.15, -0.1) is 10.2 Å². The van der Waals surface area contributed by atoms with E-state index < -0.39 is 0 Å². The second-order valence-corrected chi connectivity index (χ2v) is 4.78. The Morgan fingerprint density at radius 3 is 2.65 bits per heavy atom. The van der Waals surface area contributed by atoms with Crippen molar-refractivity contribution in [3.8, 4) is 0 Å². The van der Waals surface area contributed by atoms with Gasteiger partial charge >= 0.3 is 0 Å². The molecule has 0 unspecified atom stereocenters. The van der Waals surface area contributed by atoms with Crippen molar-refractivity contribution in [2.45, 2.75) is 18.0 Å². The van der Waals surface area contributed by atoms with Gasteiger partial charge in [0.05, 0.1) is 0 Å². The lowest BCUT2D eigenvalue weighted by Crippen LogP contribution is -2.07. The average Bonchev–Trinajstić information content (AvgIpc) is 2.73. The van der Waals surface area contributed by atoms with Crippen LogP contribution in [0.1, 0.15) is 12.0 Å². The third kappa shape index (κ3) is 3.39. The lowest BCUT2D eigenvalue weighted by Gasteiger charge is -2.02. The molecule has 0 aliphatic heterocycles. The van der Waals surface area contributed by atoms with Crippen molar-refractivity contribution < 1.29 is 0 Å². The summed E-state index contributed by atoms with van der Waals surface area (Å²) in [6.07, 6.45) is 3.61. The van der Waals surface area contributed by atoms with E-state index in [0.29, 0.717) is 0 Å². The quantitative estimate of drug-likeness (QED) is 0.361. The summed E-state index contributed by atoms with van der Waals surface area (Å²) in [7, 11) is 0. The molecular formula is C11H15N5S. The fourth-order valence-corrected chi connectivity index (χ4v) is 2.23. The van der Waals surface area contributed by atoms with E-state index in [1.807, 2.05) is 12.1 Å². The number of hydrogen-bond donors (Lipinski definition) is 2. The van der Waals surface area contributed by atoms with Crippen LogP contribution < -0.4 is 11.6 Å². The van der Waals surface area contributed by atoms with Crippen molar-refractivity contribution in [1.29, 1.82) is 0 Å². The highest BCUT2D eigenvalue weighted by Gasteiger charge is 2.01. The monoisotopic (exact) mass is 249 g/mol. The van der Waals surface area contributed by atoms with Gasteiger partial charge in [-0.2, -0.15) is 0 Å². The van der Waals surface area contributed by atoms with Crippen molar-refractivity contribution in [2.24, 2.45) is 0 Å². The fraction of sp³-hybridized carbons (Fsp3) is 0.273. The number of anilines is 1. The molecule has 1 aromatic heterocycles. The van der Waals surface area contributed by atoms with Crippen LogP contribution in [0.5, 0.6) is 0 Å². The molecule has 0 radical (unpaired) electrons. The number of rotatable bonds is 5. The van der Waals surface area contributed by atoms with Gasteiger partial charge < -0.3 is 11.6 Å². The predicted octanol–water partition coefficient (Wildman–Crippen LogP) is 1.30. The van der Waals surface area contributed by atoms with Crippen LogP contribution in [0.3, 0.4) is 0 Å². The van der Waals surface area contributed by atoms with Crippen molar-refractivity contribution in [3.63, 3.8) is 0 Å². The van der Waals surface area contributed by atoms with E-state index >= 15 is 0 Å². The van der Waals surface area contributed by atoms with Crippen LogP contribution in [-0.2, 0) is 6.42 Å². The molecule has 4 N–H and O–H groups in total. The van der Waals surface area contributed by atoms with Gasteiger partial charge in [0.15, 0.2) is 0 Å². The summed E-state index contributed by atoms with van der Waals surface area (Å²) in [6.45, 7) is 0. The van der Waals surface area contributed by atoms with Gasteiger partial charge in [-0.25, -0.2) is 4.68 Å². The summed E-state index contributed by atoms with van der Waals surface area (Å²) in [5, 5.41) is 8.38. The van der Waals surface area contributed by atoms with E-state index in [1.54, 1.807) is 11.8 Å². The molecule has 5 nitrogen and oxygen atoms in total. The maximum atomic E-state index is 5.63. The van der Waals surface area contributed by atoms with E-state index in [1.165, 1.54) is 16.6 Å². The molecule has 17 heavy (non-hydrogen) atoms. The first-order valence-electron chi connectivity index (χ1n) is 5.38. The van der Waals surface area contributed by atoms with E-state index in [9.17, 15) is 0 Å². The molecule has 0 aliphatic carbocycles. The molecule has 2 rings (SSSR count). The highest BCUT2D eigenvalue weighted by Crippen LogP contribution is 2.15. The number of aromatic nitrogens is 3. The van der Waals surface area contributed by atoms with Crippen molar-refractivity contribution in [2.75, 3.05) is 17.3 Å². The summed E-state index contributed by atoms with van der Waals surface area (Å²) in [5.41, 5.74) is 7.73. The number of nitrogens with two attached hydrogens (primary N) is 2. The molecule has 0 fully saturated rings. The van der Waals surface area contributed by atoms with E-state index in [-0.39, 0.29) is 0 Å². The van der Waals surface area contributed by atoms with Gasteiger partial charge in [-0.1, -0.05) is 23.9 Å². The maximum absolute atomic E-state index is 5.63. The molecule has 0 amide bonds. The molecule has 0 saturated carbocycles. The number of nitrogens with zero attached hydrogens (tertiary/aromatic N) is 3. The standard InChI is InChI=1S/C11H15N5S/c12-10-5-3-9(4-6-10)2-1-7-17-11-15-14-8-16(11)13/h3-6,8H,1-2,7,12-13H2. The Bertz CT molecular complexity index is 465. The molecule has 0 atom stereocenters. The van der Waals surface area contributed by atoms with Crippen molar-refractivity contribution in [1.82, 2.24) is 14.9 Å². The second-order valence-electron chi connectivity index (χ2n) is 3.71. The van der Waals surface area contributed by atoms with Crippen LogP contribution in [0, 0.1) is 0 Å². The fourth-order valence-electron chi connectivity index (χ4n) is 1.46. The minimum absolute atomic E-state index is 0.752. The summed E-state index contributed by atoms with van der Waals surface area (Å²) in [6, 6.07) is 7.98. The molecular weight excluding hydrogens is 234 g/mol. The molecule has 0 bridgehead atoms. The van der Waals surface area contributed by atoms with Gasteiger partial charge in [0.2, 0.25) is 5.16 Å². The summed E-state index contributed by atoms with van der Waals surface area (Å²) in [5.74, 6) is 6.58. The second kappa shape index (κ2) is 5.58. The minimum atomic E-state index is 0.752. The number of thioether (sulfide) groups is 1. The first-order valence-corrected chi connectivity index (χ1v) is 6.36. The van der Waals surface area contributed by atoms with Crippen molar-refractivity contribution >= 4 is 17.4 Å². The first kappa shape index (κ1) is 11.8. The number of aryl methyl sites for hydroxylation is 1. The van der Waals surface area contributed by atoms with Gasteiger partial charge in [0.1, 0.15) is 6.33 Å². The number of nitrogen functional groups attached to an aromatic ring is 2. The van der Waals surface area contributed by atoms with Crippen LogP contribution in [0.25, 0.3) is 0 Å². The Morgan fingerprint density at radius 1 is 1.24 bits per heavy atom. The largest absolute Gasteiger partial charge is 0.399 e. The van der Waals surface area contributed by atoms with Crippen LogP contribution in [0.4, 0.5) is 5.69 Å². The van der Waals surface area contributed by atoms with Gasteiger partial charge in [-0.05, 0) is 30.5 Å². The smallest absolute Gasteiger partial charge is 0.209 e. The number of hydrogen-bond acceptors (Lipinski definition) is 5. The zero-order valence-electron chi connectivity index (χ0n) is 9.41. The van der Waals surface area contributed by atoms with E-state index in [4.69, 9.17) is 11.6 Å². The van der Waals surface area contributed by atoms with Crippen LogP contribution in [0.2, 0.25) is 0 Å². The Balaban J connectivity index is 1.73. The minimum Gasteiger partial charge on any atom is -0.399 e. The highest BCUT2D eigenvalue weighted by atomic mass is 32.2. The maximum Gasteiger partial charge on any atom is 0.209 e. The van der Waals surface area contributed by atoms with E-state index in [0.717, 1.165) is 29.4 Å². The molecule has 0 aliphatic rings. The molecule has 6 heteroatoms. The molecule has 2 aromatic rings. The first-order chi connectivity index (χ1) is 8.25. The molecule has 90 valence electrons. The number of benzene rings is 1. The summed E-state index contributed by atoms with van der Waals surface area (Å²) in [4.78, 5) is 0. The zero-order chi connectivity index (χ0) is 12.1. The topological polar surface area (TPSA) is 82.8 Å². The zero-order valence-corrected chi connectivity index (χ0v) is 10.2. The van der Waals surface area contributed by atoms with Gasteiger partial charge in [0.25, 0.3) is 0 Å². The molecule has 1 aromatic carbocycles. The van der Waals surface area contributed by atoms with Gasteiger partial charge in [-0.3, -0.25) is 0 Å². The molecule has 0 spiro atoms. The normalized spacial score (nSPS) is 10.6. The summed E-state index contributed by atoms with van der Waals surface area (Å²) >= 11 is 1.62. The predicted molar refractivity (Wildman–Crippen MR) is 70.1 cm³/mol. The molecule has 0 saturated heterocycles. The highest BCUT2D eigenvalue weighted by molar-refractivity contribution is 7.99. The Hall–Kier alpha value is -1.69. The van der Waals surface area contributed by atoms with Crippen LogP contribution in [-0.4, -0.2) is 20.6 Å². The summed E-state index contributed by atoms with van der Waals surface area (Å²) < 4.78 is 1.44. The van der Waals surface area contributed by atoms with Crippen molar-refractivity contribution in [3.05, 3.63) is 36.2 Å². The van der Waals surface area contributed by atoms with E-state index in [2.05, 4.69) is 22.3 Å². The Labute approximate surface area is 104 Å². The van der Waals surface area contributed by atoms with Gasteiger partial charge in [0, 0.05) is 11.4 Å².